The van der Waals surface area contributed by atoms with Crippen molar-refractivity contribution in [2.75, 3.05) is 26.7 Å². The van der Waals surface area contributed by atoms with Crippen molar-refractivity contribution in [3.05, 3.63) is 11.9 Å². The first-order valence-electron chi connectivity index (χ1n) is 5.11. The Kier molecular flexibility index (Phi) is 5.17. The maximum Gasteiger partial charge on any atom is 0.0839 e. The van der Waals surface area contributed by atoms with Crippen molar-refractivity contribution in [1.82, 2.24) is 25.6 Å². The molecule has 1 aromatic rings. The molecule has 0 amide bonds. The molecule has 80 valence electrons. The highest BCUT2D eigenvalue weighted by atomic mass is 15.4. The van der Waals surface area contributed by atoms with Gasteiger partial charge in [0.15, 0.2) is 0 Å². The van der Waals surface area contributed by atoms with E-state index in [1.807, 2.05) is 17.9 Å². The van der Waals surface area contributed by atoms with Crippen LogP contribution >= 0.6 is 0 Å². The summed E-state index contributed by atoms with van der Waals surface area (Å²) in [6, 6.07) is 0. The molecule has 0 aliphatic rings. The van der Waals surface area contributed by atoms with Gasteiger partial charge >= 0.3 is 0 Å². The SMILES string of the molecule is CCNCCn1cc(CCNC)nn1. The van der Waals surface area contributed by atoms with Gasteiger partial charge in [-0.25, -0.2) is 0 Å². The second kappa shape index (κ2) is 6.50. The molecule has 0 aliphatic heterocycles. The molecular formula is C9H19N5. The number of likely N-dealkylation sites (N-methyl/N-ethyl adjacent to an activating group) is 2. The summed E-state index contributed by atoms with van der Waals surface area (Å²) in [6.07, 6.45) is 2.95. The lowest BCUT2D eigenvalue weighted by Crippen LogP contribution is -2.19. The summed E-state index contributed by atoms with van der Waals surface area (Å²) < 4.78 is 1.88. The number of nitrogens with one attached hydrogen (secondary N) is 2. The largest absolute Gasteiger partial charge is 0.319 e. The van der Waals surface area contributed by atoms with Crippen LogP contribution in [0.2, 0.25) is 0 Å². The smallest absolute Gasteiger partial charge is 0.0839 e. The highest BCUT2D eigenvalue weighted by Crippen LogP contribution is 1.92. The minimum absolute atomic E-state index is 0.889. The topological polar surface area (TPSA) is 54.8 Å². The highest BCUT2D eigenvalue weighted by Gasteiger charge is 1.98. The summed E-state index contributed by atoms with van der Waals surface area (Å²) >= 11 is 0. The van der Waals surface area contributed by atoms with Crippen LogP contribution in [0.15, 0.2) is 6.20 Å². The molecule has 0 aromatic carbocycles. The van der Waals surface area contributed by atoms with E-state index in [1.54, 1.807) is 0 Å². The summed E-state index contributed by atoms with van der Waals surface area (Å²) in [5.41, 5.74) is 1.05. The van der Waals surface area contributed by atoms with Crippen molar-refractivity contribution in [3.63, 3.8) is 0 Å². The quantitative estimate of drug-likeness (QED) is 0.587. The summed E-state index contributed by atoms with van der Waals surface area (Å²) in [7, 11) is 1.94. The monoisotopic (exact) mass is 197 g/mol. The standard InChI is InChI=1S/C9H19N5/c1-3-11-6-7-14-8-9(12-13-14)4-5-10-2/h8,10-11H,3-7H2,1-2H3. The molecule has 0 radical (unpaired) electrons. The fourth-order valence-electron chi connectivity index (χ4n) is 1.19. The Morgan fingerprint density at radius 2 is 2.29 bits per heavy atom. The molecular weight excluding hydrogens is 178 g/mol. The van der Waals surface area contributed by atoms with E-state index >= 15 is 0 Å². The fraction of sp³-hybridized carbons (Fsp3) is 0.778. The molecule has 0 fully saturated rings. The number of hydrogen-bond donors (Lipinski definition) is 2. The van der Waals surface area contributed by atoms with E-state index in [-0.39, 0.29) is 0 Å². The van der Waals surface area contributed by atoms with Gasteiger partial charge in [0.25, 0.3) is 0 Å². The Morgan fingerprint density at radius 1 is 1.43 bits per heavy atom. The van der Waals surface area contributed by atoms with Crippen LogP contribution in [0.3, 0.4) is 0 Å². The third-order valence-electron chi connectivity index (χ3n) is 1.98. The van der Waals surface area contributed by atoms with Crippen LogP contribution in [-0.2, 0) is 13.0 Å². The average molecular weight is 197 g/mol. The molecule has 5 heteroatoms. The normalized spacial score (nSPS) is 10.7. The molecule has 0 spiro atoms. The van der Waals surface area contributed by atoms with E-state index in [4.69, 9.17) is 0 Å². The van der Waals surface area contributed by atoms with Crippen LogP contribution in [0.25, 0.3) is 0 Å². The van der Waals surface area contributed by atoms with Crippen LogP contribution in [0.1, 0.15) is 12.6 Å². The molecule has 0 aliphatic carbocycles. The Labute approximate surface area is 84.9 Å². The number of rotatable bonds is 7. The maximum atomic E-state index is 4.08. The van der Waals surface area contributed by atoms with Gasteiger partial charge in [-0.1, -0.05) is 12.1 Å². The first-order chi connectivity index (χ1) is 6.86. The Hall–Kier alpha value is -0.940. The van der Waals surface area contributed by atoms with Crippen molar-refractivity contribution >= 4 is 0 Å². The Balaban J connectivity index is 2.27. The second-order valence-electron chi connectivity index (χ2n) is 3.18. The predicted octanol–water partition coefficient (Wildman–Crippen LogP) is -0.350. The maximum absolute atomic E-state index is 4.08. The van der Waals surface area contributed by atoms with Gasteiger partial charge in [0.2, 0.25) is 0 Å². The lowest BCUT2D eigenvalue weighted by molar-refractivity contribution is 0.549. The molecule has 5 nitrogen and oxygen atoms in total. The van der Waals surface area contributed by atoms with Crippen molar-refractivity contribution in [1.29, 1.82) is 0 Å². The molecule has 0 bridgehead atoms. The zero-order chi connectivity index (χ0) is 10.2. The van der Waals surface area contributed by atoms with Gasteiger partial charge in [-0.2, -0.15) is 0 Å². The second-order valence-corrected chi connectivity index (χ2v) is 3.18. The molecule has 0 saturated carbocycles. The van der Waals surface area contributed by atoms with Crippen LogP contribution in [-0.4, -0.2) is 41.7 Å². The first kappa shape index (κ1) is 11.1. The Morgan fingerprint density at radius 3 is 3.00 bits per heavy atom. The molecule has 0 atom stereocenters. The summed E-state index contributed by atoms with van der Waals surface area (Å²) in [5, 5.41) is 14.5. The molecule has 0 unspecified atom stereocenters. The van der Waals surface area contributed by atoms with Gasteiger partial charge in [-0.15, -0.1) is 5.10 Å². The van der Waals surface area contributed by atoms with E-state index < -0.39 is 0 Å². The van der Waals surface area contributed by atoms with E-state index in [0.717, 1.165) is 38.3 Å². The average Bonchev–Trinajstić information content (AvgIpc) is 2.63. The zero-order valence-electron chi connectivity index (χ0n) is 8.95. The molecule has 1 aromatic heterocycles. The summed E-state index contributed by atoms with van der Waals surface area (Å²) in [5.74, 6) is 0. The van der Waals surface area contributed by atoms with Crippen molar-refractivity contribution < 1.29 is 0 Å². The third-order valence-corrected chi connectivity index (χ3v) is 1.98. The lowest BCUT2D eigenvalue weighted by Gasteiger charge is -1.99. The molecule has 2 N–H and O–H groups in total. The minimum Gasteiger partial charge on any atom is -0.319 e. The predicted molar refractivity (Wildman–Crippen MR) is 56.2 cm³/mol. The van der Waals surface area contributed by atoms with Gasteiger partial charge in [-0.3, -0.25) is 4.68 Å². The van der Waals surface area contributed by atoms with Crippen LogP contribution < -0.4 is 10.6 Å². The van der Waals surface area contributed by atoms with E-state index in [9.17, 15) is 0 Å². The van der Waals surface area contributed by atoms with E-state index in [2.05, 4.69) is 27.9 Å². The minimum atomic E-state index is 0.889. The van der Waals surface area contributed by atoms with Gasteiger partial charge in [0.05, 0.1) is 12.2 Å². The highest BCUT2D eigenvalue weighted by molar-refractivity contribution is 4.92. The number of nitrogens with zero attached hydrogens (tertiary/aromatic N) is 3. The van der Waals surface area contributed by atoms with Crippen molar-refractivity contribution in [3.8, 4) is 0 Å². The lowest BCUT2D eigenvalue weighted by atomic mass is 10.3. The van der Waals surface area contributed by atoms with Crippen LogP contribution in [0.4, 0.5) is 0 Å². The van der Waals surface area contributed by atoms with Crippen LogP contribution in [0.5, 0.6) is 0 Å². The summed E-state index contributed by atoms with van der Waals surface area (Å²) in [6.45, 7) is 5.89. The number of aromatic nitrogens is 3. The van der Waals surface area contributed by atoms with Crippen molar-refractivity contribution in [2.45, 2.75) is 19.9 Å². The molecule has 1 heterocycles. The number of hydrogen-bond acceptors (Lipinski definition) is 4. The molecule has 0 saturated heterocycles. The zero-order valence-corrected chi connectivity index (χ0v) is 8.95. The van der Waals surface area contributed by atoms with Gasteiger partial charge in [0, 0.05) is 25.7 Å². The van der Waals surface area contributed by atoms with Crippen molar-refractivity contribution in [2.24, 2.45) is 0 Å². The fourth-order valence-corrected chi connectivity index (χ4v) is 1.19. The van der Waals surface area contributed by atoms with Gasteiger partial charge < -0.3 is 10.6 Å². The Bertz CT molecular complexity index is 245. The van der Waals surface area contributed by atoms with Crippen LogP contribution in [0, 0.1) is 0 Å². The van der Waals surface area contributed by atoms with Gasteiger partial charge in [0.1, 0.15) is 0 Å². The third kappa shape index (κ3) is 3.85. The molecule has 1 rings (SSSR count). The summed E-state index contributed by atoms with van der Waals surface area (Å²) in [4.78, 5) is 0. The van der Waals surface area contributed by atoms with Gasteiger partial charge in [-0.05, 0) is 13.6 Å². The first-order valence-corrected chi connectivity index (χ1v) is 5.11. The van der Waals surface area contributed by atoms with E-state index in [1.165, 1.54) is 0 Å². The van der Waals surface area contributed by atoms with E-state index in [0.29, 0.717) is 0 Å². The molecule has 14 heavy (non-hydrogen) atoms.